The summed E-state index contributed by atoms with van der Waals surface area (Å²) in [6, 6.07) is 4.19. The third kappa shape index (κ3) is 3.18. The molecule has 2 fully saturated rings. The van der Waals surface area contributed by atoms with Crippen molar-refractivity contribution in [2.75, 3.05) is 26.3 Å². The molecule has 3 rings (SSSR count). The minimum absolute atomic E-state index is 0.314. The van der Waals surface area contributed by atoms with E-state index >= 15 is 0 Å². The minimum atomic E-state index is 0.314. The highest BCUT2D eigenvalue weighted by atomic mass is 16.5. The van der Waals surface area contributed by atoms with Gasteiger partial charge in [0.15, 0.2) is 0 Å². The Hall–Kier alpha value is -1.42. The molecular formula is C16H22N2O2. The van der Waals surface area contributed by atoms with Gasteiger partial charge in [0, 0.05) is 45.1 Å². The van der Waals surface area contributed by atoms with Crippen molar-refractivity contribution in [3.8, 4) is 0 Å². The lowest BCUT2D eigenvalue weighted by atomic mass is 9.90. The van der Waals surface area contributed by atoms with Gasteiger partial charge in [0.25, 0.3) is 0 Å². The smallest absolute Gasteiger partial charge is 0.222 e. The number of nitrogens with zero attached hydrogens (tertiary/aromatic N) is 2. The Kier molecular flexibility index (Phi) is 4.31. The molecule has 1 unspecified atom stereocenters. The first kappa shape index (κ1) is 13.6. The fourth-order valence-corrected chi connectivity index (χ4v) is 3.22. The van der Waals surface area contributed by atoms with Gasteiger partial charge in [0.1, 0.15) is 0 Å². The standard InChI is InChI=1S/C16H22N2O2/c19-16(11-13-5-10-20-12-13)18-8-3-15(4-9-18)14-1-6-17-7-2-14/h1-2,6-7,13,15H,3-5,8-12H2. The van der Waals surface area contributed by atoms with E-state index in [1.165, 1.54) is 5.56 Å². The summed E-state index contributed by atoms with van der Waals surface area (Å²) in [4.78, 5) is 18.4. The Morgan fingerprint density at radius 2 is 2.00 bits per heavy atom. The van der Waals surface area contributed by atoms with E-state index in [4.69, 9.17) is 4.74 Å². The highest BCUT2D eigenvalue weighted by Crippen LogP contribution is 2.28. The number of pyridine rings is 1. The van der Waals surface area contributed by atoms with Crippen molar-refractivity contribution >= 4 is 5.91 Å². The third-order valence-electron chi connectivity index (χ3n) is 4.51. The van der Waals surface area contributed by atoms with Crippen LogP contribution in [0.4, 0.5) is 0 Å². The van der Waals surface area contributed by atoms with Gasteiger partial charge in [-0.15, -0.1) is 0 Å². The fraction of sp³-hybridized carbons (Fsp3) is 0.625. The Morgan fingerprint density at radius 3 is 2.65 bits per heavy atom. The molecule has 1 aromatic heterocycles. The summed E-state index contributed by atoms with van der Waals surface area (Å²) in [5.41, 5.74) is 1.36. The molecule has 0 radical (unpaired) electrons. The number of ether oxygens (including phenoxy) is 1. The number of carbonyl (C=O) groups is 1. The molecule has 1 aromatic rings. The molecule has 20 heavy (non-hydrogen) atoms. The first-order chi connectivity index (χ1) is 9.83. The normalized spacial score (nSPS) is 24.0. The molecule has 0 bridgehead atoms. The lowest BCUT2D eigenvalue weighted by molar-refractivity contribution is -0.133. The third-order valence-corrected chi connectivity index (χ3v) is 4.51. The topological polar surface area (TPSA) is 42.4 Å². The van der Waals surface area contributed by atoms with E-state index in [0.717, 1.165) is 45.6 Å². The fourth-order valence-electron chi connectivity index (χ4n) is 3.22. The number of rotatable bonds is 3. The van der Waals surface area contributed by atoms with E-state index in [2.05, 4.69) is 17.1 Å². The zero-order chi connectivity index (χ0) is 13.8. The van der Waals surface area contributed by atoms with Crippen molar-refractivity contribution in [1.29, 1.82) is 0 Å². The molecule has 0 aliphatic carbocycles. The second-order valence-electron chi connectivity index (χ2n) is 5.87. The van der Waals surface area contributed by atoms with E-state index in [0.29, 0.717) is 24.2 Å². The van der Waals surface area contributed by atoms with Crippen LogP contribution in [0.15, 0.2) is 24.5 Å². The van der Waals surface area contributed by atoms with Crippen molar-refractivity contribution < 1.29 is 9.53 Å². The Balaban J connectivity index is 1.49. The van der Waals surface area contributed by atoms with Gasteiger partial charge < -0.3 is 9.64 Å². The largest absolute Gasteiger partial charge is 0.381 e. The van der Waals surface area contributed by atoms with Crippen LogP contribution >= 0.6 is 0 Å². The summed E-state index contributed by atoms with van der Waals surface area (Å²) in [5.74, 6) is 1.34. The van der Waals surface area contributed by atoms with E-state index in [1.807, 2.05) is 17.3 Å². The van der Waals surface area contributed by atoms with Gasteiger partial charge in [0.2, 0.25) is 5.91 Å². The Bertz CT molecular complexity index is 435. The van der Waals surface area contributed by atoms with Crippen LogP contribution in [0.25, 0.3) is 0 Å². The summed E-state index contributed by atoms with van der Waals surface area (Å²) in [5, 5.41) is 0. The van der Waals surface area contributed by atoms with Gasteiger partial charge >= 0.3 is 0 Å². The van der Waals surface area contributed by atoms with Crippen LogP contribution in [0.5, 0.6) is 0 Å². The molecule has 1 amide bonds. The maximum Gasteiger partial charge on any atom is 0.222 e. The Morgan fingerprint density at radius 1 is 1.25 bits per heavy atom. The molecule has 2 aliphatic heterocycles. The predicted molar refractivity (Wildman–Crippen MR) is 76.3 cm³/mol. The van der Waals surface area contributed by atoms with Gasteiger partial charge in [-0.2, -0.15) is 0 Å². The van der Waals surface area contributed by atoms with Gasteiger partial charge in [-0.05, 0) is 48.8 Å². The van der Waals surface area contributed by atoms with Gasteiger partial charge in [-0.1, -0.05) is 0 Å². The summed E-state index contributed by atoms with van der Waals surface area (Å²) in [6.07, 6.45) is 7.55. The minimum Gasteiger partial charge on any atom is -0.381 e. The molecule has 0 N–H and O–H groups in total. The van der Waals surface area contributed by atoms with Gasteiger partial charge in [0.05, 0.1) is 0 Å². The highest BCUT2D eigenvalue weighted by molar-refractivity contribution is 5.76. The van der Waals surface area contributed by atoms with Crippen LogP contribution in [-0.2, 0) is 9.53 Å². The quantitative estimate of drug-likeness (QED) is 0.848. The lowest BCUT2D eigenvalue weighted by Crippen LogP contribution is -2.38. The SMILES string of the molecule is O=C(CC1CCOC1)N1CCC(c2ccncc2)CC1. The predicted octanol–water partition coefficient (Wildman–Crippen LogP) is 2.21. The molecule has 2 saturated heterocycles. The Labute approximate surface area is 120 Å². The first-order valence-electron chi connectivity index (χ1n) is 7.58. The van der Waals surface area contributed by atoms with Crippen molar-refractivity contribution in [1.82, 2.24) is 9.88 Å². The summed E-state index contributed by atoms with van der Waals surface area (Å²) < 4.78 is 5.34. The summed E-state index contributed by atoms with van der Waals surface area (Å²) in [6.45, 7) is 3.36. The number of aromatic nitrogens is 1. The molecule has 0 saturated carbocycles. The molecule has 2 aliphatic rings. The number of amides is 1. The first-order valence-corrected chi connectivity index (χ1v) is 7.58. The highest BCUT2D eigenvalue weighted by Gasteiger charge is 2.26. The second-order valence-corrected chi connectivity index (χ2v) is 5.87. The number of likely N-dealkylation sites (tertiary alicyclic amines) is 1. The molecule has 1 atom stereocenters. The van der Waals surface area contributed by atoms with Crippen molar-refractivity contribution in [2.24, 2.45) is 5.92 Å². The molecule has 4 heteroatoms. The zero-order valence-electron chi connectivity index (χ0n) is 11.8. The van der Waals surface area contributed by atoms with E-state index in [-0.39, 0.29) is 0 Å². The van der Waals surface area contributed by atoms with Crippen LogP contribution in [0.1, 0.15) is 37.2 Å². The second kappa shape index (κ2) is 6.35. The molecular weight excluding hydrogens is 252 g/mol. The molecule has 108 valence electrons. The average molecular weight is 274 g/mol. The summed E-state index contributed by atoms with van der Waals surface area (Å²) in [7, 11) is 0. The van der Waals surface area contributed by atoms with Crippen LogP contribution in [0, 0.1) is 5.92 Å². The van der Waals surface area contributed by atoms with Crippen LogP contribution in [-0.4, -0.2) is 42.1 Å². The monoisotopic (exact) mass is 274 g/mol. The number of hydrogen-bond donors (Lipinski definition) is 0. The molecule has 0 spiro atoms. The van der Waals surface area contributed by atoms with E-state index in [9.17, 15) is 4.79 Å². The van der Waals surface area contributed by atoms with Crippen molar-refractivity contribution in [3.63, 3.8) is 0 Å². The number of piperidine rings is 1. The van der Waals surface area contributed by atoms with Crippen LogP contribution in [0.2, 0.25) is 0 Å². The van der Waals surface area contributed by atoms with Crippen molar-refractivity contribution in [2.45, 2.75) is 31.6 Å². The zero-order valence-corrected chi connectivity index (χ0v) is 11.8. The van der Waals surface area contributed by atoms with Crippen molar-refractivity contribution in [3.05, 3.63) is 30.1 Å². The van der Waals surface area contributed by atoms with Gasteiger partial charge in [-0.25, -0.2) is 0 Å². The maximum atomic E-state index is 12.3. The maximum absolute atomic E-state index is 12.3. The summed E-state index contributed by atoms with van der Waals surface area (Å²) >= 11 is 0. The number of carbonyl (C=O) groups excluding carboxylic acids is 1. The molecule has 0 aromatic carbocycles. The molecule has 4 nitrogen and oxygen atoms in total. The molecule has 3 heterocycles. The average Bonchev–Trinajstić information content (AvgIpc) is 3.01. The van der Waals surface area contributed by atoms with Gasteiger partial charge in [-0.3, -0.25) is 9.78 Å². The van der Waals surface area contributed by atoms with Crippen LogP contribution in [0.3, 0.4) is 0 Å². The van der Waals surface area contributed by atoms with E-state index in [1.54, 1.807) is 0 Å². The lowest BCUT2D eigenvalue weighted by Gasteiger charge is -2.32. The van der Waals surface area contributed by atoms with Crippen LogP contribution < -0.4 is 0 Å². The van der Waals surface area contributed by atoms with E-state index < -0.39 is 0 Å². The number of hydrogen-bond acceptors (Lipinski definition) is 3.